The summed E-state index contributed by atoms with van der Waals surface area (Å²) in [6, 6.07) is 9.96. The first-order valence-electron chi connectivity index (χ1n) is 12.5. The Morgan fingerprint density at radius 2 is 1.50 bits per heavy atom. The summed E-state index contributed by atoms with van der Waals surface area (Å²) in [7, 11) is 0. The molecular formula is C29H28F6N2O2S. The number of halogens is 6. The van der Waals surface area contributed by atoms with E-state index in [1.165, 1.54) is 0 Å². The summed E-state index contributed by atoms with van der Waals surface area (Å²) in [5.74, 6) is -1.56. The molecule has 11 heteroatoms. The van der Waals surface area contributed by atoms with Crippen LogP contribution in [-0.4, -0.2) is 40.2 Å². The van der Waals surface area contributed by atoms with Gasteiger partial charge in [0.15, 0.2) is 0 Å². The normalized spacial score (nSPS) is 16.1. The highest BCUT2D eigenvalue weighted by Crippen LogP contribution is 2.39. The molecule has 0 spiro atoms. The third-order valence-electron chi connectivity index (χ3n) is 6.86. The lowest BCUT2D eigenvalue weighted by atomic mass is 9.92. The van der Waals surface area contributed by atoms with Gasteiger partial charge in [-0.3, -0.25) is 9.59 Å². The summed E-state index contributed by atoms with van der Waals surface area (Å²) in [5, 5.41) is 1.94. The van der Waals surface area contributed by atoms with Gasteiger partial charge in [-0.15, -0.1) is 11.3 Å². The molecule has 4 rings (SSSR count). The standard InChI is InChI=1S/C29H28F6N2O2S/c1-17-5-7-18(8-6-17)25-22-10-12-40-23(22)9-11-36(25)24(38)16-37(27(2,3)4)26(39)19-13-20(28(30,31)32)15-21(14-19)29(33,34)35/h5-8,10,12-15,25H,9,11,16H2,1-4H3/t25-/m1/s1. The second-order valence-corrected chi connectivity index (χ2v) is 11.8. The molecule has 1 aliphatic rings. The van der Waals surface area contributed by atoms with E-state index in [0.717, 1.165) is 26.5 Å². The molecule has 0 bridgehead atoms. The number of thiophene rings is 1. The topological polar surface area (TPSA) is 40.6 Å². The van der Waals surface area contributed by atoms with Crippen LogP contribution in [0.25, 0.3) is 0 Å². The van der Waals surface area contributed by atoms with Crippen LogP contribution in [0, 0.1) is 6.92 Å². The average Bonchev–Trinajstić information content (AvgIpc) is 3.34. The van der Waals surface area contributed by atoms with E-state index in [1.807, 2.05) is 42.6 Å². The van der Waals surface area contributed by atoms with E-state index in [-0.39, 0.29) is 6.07 Å². The first kappa shape index (κ1) is 29.6. The molecule has 0 aliphatic carbocycles. The second-order valence-electron chi connectivity index (χ2n) is 10.8. The van der Waals surface area contributed by atoms with Crippen molar-refractivity contribution in [1.29, 1.82) is 0 Å². The molecule has 1 atom stereocenters. The van der Waals surface area contributed by atoms with Gasteiger partial charge < -0.3 is 9.80 Å². The van der Waals surface area contributed by atoms with E-state index in [2.05, 4.69) is 0 Å². The maximum absolute atomic E-state index is 13.8. The summed E-state index contributed by atoms with van der Waals surface area (Å²) in [6.07, 6.45) is -9.62. The minimum atomic E-state index is -5.11. The van der Waals surface area contributed by atoms with Crippen LogP contribution in [0.15, 0.2) is 53.9 Å². The summed E-state index contributed by atoms with van der Waals surface area (Å²) < 4.78 is 80.8. The van der Waals surface area contributed by atoms with Crippen LogP contribution in [0.1, 0.15) is 69.9 Å². The Hall–Kier alpha value is -3.34. The van der Waals surface area contributed by atoms with E-state index in [0.29, 0.717) is 25.1 Å². The number of carbonyl (C=O) groups is 2. The van der Waals surface area contributed by atoms with Gasteiger partial charge in [-0.2, -0.15) is 26.3 Å². The number of amides is 2. The minimum absolute atomic E-state index is 0.0261. The molecule has 40 heavy (non-hydrogen) atoms. The molecule has 0 fully saturated rings. The first-order chi connectivity index (χ1) is 18.5. The van der Waals surface area contributed by atoms with Crippen molar-refractivity contribution in [2.45, 2.75) is 58.0 Å². The predicted octanol–water partition coefficient (Wildman–Crippen LogP) is 7.51. The summed E-state index contributed by atoms with van der Waals surface area (Å²) in [4.78, 5) is 31.1. The molecule has 1 aliphatic heterocycles. The van der Waals surface area contributed by atoms with Crippen LogP contribution in [-0.2, 0) is 23.6 Å². The lowest BCUT2D eigenvalue weighted by Crippen LogP contribution is -2.52. The van der Waals surface area contributed by atoms with Crippen molar-refractivity contribution < 1.29 is 35.9 Å². The fourth-order valence-corrected chi connectivity index (χ4v) is 5.67. The number of fused-ring (bicyclic) bond motifs is 1. The molecule has 2 aromatic carbocycles. The number of aryl methyl sites for hydroxylation is 1. The SMILES string of the molecule is Cc1ccc([C@@H]2c3ccsc3CCN2C(=O)CN(C(=O)c2cc(C(F)(F)F)cc(C(F)(F)F)c2)C(C)(C)C)cc1. The third kappa shape index (κ3) is 6.19. The number of rotatable bonds is 4. The zero-order valence-corrected chi connectivity index (χ0v) is 23.1. The second kappa shape index (κ2) is 10.6. The Kier molecular flexibility index (Phi) is 7.83. The fourth-order valence-electron chi connectivity index (χ4n) is 4.77. The number of benzene rings is 2. The number of hydrogen-bond acceptors (Lipinski definition) is 3. The smallest absolute Gasteiger partial charge is 0.330 e. The van der Waals surface area contributed by atoms with Crippen LogP contribution in [0.2, 0.25) is 0 Å². The van der Waals surface area contributed by atoms with Crippen molar-refractivity contribution >= 4 is 23.2 Å². The van der Waals surface area contributed by atoms with Gasteiger partial charge >= 0.3 is 12.4 Å². The largest absolute Gasteiger partial charge is 0.416 e. The Morgan fingerprint density at radius 1 is 0.925 bits per heavy atom. The molecule has 1 aromatic heterocycles. The molecule has 0 saturated carbocycles. The van der Waals surface area contributed by atoms with Crippen LogP contribution >= 0.6 is 11.3 Å². The van der Waals surface area contributed by atoms with Crippen molar-refractivity contribution in [2.75, 3.05) is 13.1 Å². The quantitative estimate of drug-likeness (QED) is 0.299. The number of alkyl halides is 6. The molecule has 3 aromatic rings. The highest BCUT2D eigenvalue weighted by atomic mass is 32.1. The van der Waals surface area contributed by atoms with Crippen LogP contribution in [0.3, 0.4) is 0 Å². The summed E-state index contributed by atoms with van der Waals surface area (Å²) in [5.41, 5.74) is -2.22. The maximum atomic E-state index is 13.8. The summed E-state index contributed by atoms with van der Waals surface area (Å²) in [6.45, 7) is 6.47. The van der Waals surface area contributed by atoms with E-state index in [1.54, 1.807) is 37.0 Å². The Bertz CT molecular complexity index is 1370. The minimum Gasteiger partial charge on any atom is -0.330 e. The third-order valence-corrected chi connectivity index (χ3v) is 7.86. The Morgan fingerprint density at radius 3 is 2.02 bits per heavy atom. The molecule has 4 nitrogen and oxygen atoms in total. The lowest BCUT2D eigenvalue weighted by Gasteiger charge is -2.40. The zero-order chi connectivity index (χ0) is 29.6. The monoisotopic (exact) mass is 582 g/mol. The van der Waals surface area contributed by atoms with E-state index in [9.17, 15) is 35.9 Å². The van der Waals surface area contributed by atoms with Crippen molar-refractivity contribution in [3.63, 3.8) is 0 Å². The van der Waals surface area contributed by atoms with Gasteiger partial charge in [0.05, 0.1) is 17.2 Å². The van der Waals surface area contributed by atoms with E-state index < -0.39 is 59.0 Å². The van der Waals surface area contributed by atoms with E-state index >= 15 is 0 Å². The van der Waals surface area contributed by atoms with Crippen LogP contribution in [0.4, 0.5) is 26.3 Å². The Labute approximate surface area is 232 Å². The van der Waals surface area contributed by atoms with Crippen molar-refractivity contribution in [3.05, 3.63) is 92.2 Å². The molecular weight excluding hydrogens is 554 g/mol. The molecule has 0 N–H and O–H groups in total. The van der Waals surface area contributed by atoms with Gasteiger partial charge in [0, 0.05) is 22.5 Å². The van der Waals surface area contributed by atoms with Crippen molar-refractivity contribution in [1.82, 2.24) is 9.80 Å². The van der Waals surface area contributed by atoms with Gasteiger partial charge in [-0.05, 0) is 74.9 Å². The number of nitrogens with zero attached hydrogens (tertiary/aromatic N) is 2. The van der Waals surface area contributed by atoms with Gasteiger partial charge in [0.25, 0.3) is 5.91 Å². The summed E-state index contributed by atoms with van der Waals surface area (Å²) >= 11 is 1.58. The van der Waals surface area contributed by atoms with Gasteiger partial charge in [-0.1, -0.05) is 29.8 Å². The zero-order valence-electron chi connectivity index (χ0n) is 22.3. The van der Waals surface area contributed by atoms with Gasteiger partial charge in [0.1, 0.15) is 6.54 Å². The van der Waals surface area contributed by atoms with Gasteiger partial charge in [0.2, 0.25) is 5.91 Å². The first-order valence-corrected chi connectivity index (χ1v) is 13.4. The predicted molar refractivity (Wildman–Crippen MR) is 140 cm³/mol. The van der Waals surface area contributed by atoms with Crippen LogP contribution in [0.5, 0.6) is 0 Å². The molecule has 0 saturated heterocycles. The Balaban J connectivity index is 1.71. The number of carbonyl (C=O) groups excluding carboxylic acids is 2. The number of hydrogen-bond donors (Lipinski definition) is 0. The lowest BCUT2D eigenvalue weighted by molar-refractivity contribution is -0.143. The molecule has 0 radical (unpaired) electrons. The van der Waals surface area contributed by atoms with Crippen molar-refractivity contribution in [3.8, 4) is 0 Å². The highest BCUT2D eigenvalue weighted by Gasteiger charge is 2.40. The average molecular weight is 583 g/mol. The highest BCUT2D eigenvalue weighted by molar-refractivity contribution is 7.10. The van der Waals surface area contributed by atoms with Crippen molar-refractivity contribution in [2.24, 2.45) is 0 Å². The maximum Gasteiger partial charge on any atom is 0.416 e. The van der Waals surface area contributed by atoms with Crippen LogP contribution < -0.4 is 0 Å². The van der Waals surface area contributed by atoms with Gasteiger partial charge in [-0.25, -0.2) is 0 Å². The molecule has 214 valence electrons. The molecule has 2 amide bonds. The molecule has 2 heterocycles. The molecule has 0 unspecified atom stereocenters. The van der Waals surface area contributed by atoms with E-state index in [4.69, 9.17) is 0 Å². The fraction of sp³-hybridized carbons (Fsp3) is 0.379.